The number of allylic oxidation sites excluding steroid dienone is 9. The number of hydrogen-bond donors (Lipinski definition) is 3. The average molecular weight is 653 g/mol. The number of nitrogens with one attached hydrogen (secondary N) is 1. The predicted octanol–water partition coefficient (Wildman–Crippen LogP) is 9.84. The summed E-state index contributed by atoms with van der Waals surface area (Å²) in [7, 11) is 0. The topological polar surface area (TPSA) is 150 Å². The van der Waals surface area contributed by atoms with Gasteiger partial charge in [0, 0.05) is 34.4 Å². The standard InChI is InChI=1S/C43H36N6O/c1-5-12-33-31(13-7-10-16-37(48)27(3)19-29(23-44)24-45)21-40-42(32(33)6-2)43-35-15-9-8-14-34(35)36(22-41(43)50-40)39-18-11-17-38(49-39)28(4)20-30(25-46)26-47/h5-12,14-23,25,44H,2-3,13,46,48H2,1,4H3/b10-7-,12-5-,28-20+,29-19+,30-25+,37-16-,44-23?. The summed E-state index contributed by atoms with van der Waals surface area (Å²) in [6.07, 6.45) is 17.6. The second-order valence-corrected chi connectivity index (χ2v) is 11.5. The Balaban J connectivity index is 1.65. The molecule has 0 atom stereocenters. The van der Waals surface area contributed by atoms with Crippen molar-refractivity contribution in [3.8, 4) is 23.4 Å². The zero-order valence-electron chi connectivity index (χ0n) is 28.0. The van der Waals surface area contributed by atoms with Crippen LogP contribution in [0.25, 0.3) is 61.7 Å². The van der Waals surface area contributed by atoms with Gasteiger partial charge in [0.15, 0.2) is 0 Å². The first kappa shape index (κ1) is 34.4. The molecule has 0 saturated carbocycles. The largest absolute Gasteiger partial charge is 0.456 e. The molecule has 2 heterocycles. The van der Waals surface area contributed by atoms with Crippen LogP contribution >= 0.6 is 0 Å². The highest BCUT2D eigenvalue weighted by atomic mass is 16.3. The Morgan fingerprint density at radius 1 is 0.980 bits per heavy atom. The number of pyridine rings is 1. The summed E-state index contributed by atoms with van der Waals surface area (Å²) >= 11 is 0. The van der Waals surface area contributed by atoms with E-state index in [4.69, 9.17) is 31.5 Å². The van der Waals surface area contributed by atoms with Crippen LogP contribution in [0.1, 0.15) is 36.2 Å². The van der Waals surface area contributed by atoms with Gasteiger partial charge in [0.25, 0.3) is 0 Å². The number of aromatic nitrogens is 1. The summed E-state index contributed by atoms with van der Waals surface area (Å²) in [5.41, 5.74) is 21.0. The summed E-state index contributed by atoms with van der Waals surface area (Å²) in [4.78, 5) is 4.98. The van der Waals surface area contributed by atoms with E-state index in [1.165, 1.54) is 12.3 Å². The Morgan fingerprint density at radius 3 is 2.40 bits per heavy atom. The highest BCUT2D eigenvalue weighted by molar-refractivity contribution is 6.24. The van der Waals surface area contributed by atoms with Crippen molar-refractivity contribution in [2.75, 3.05) is 0 Å². The van der Waals surface area contributed by atoms with Gasteiger partial charge in [-0.15, -0.1) is 0 Å². The number of benzene rings is 3. The molecular formula is C43H36N6O. The quantitative estimate of drug-likeness (QED) is 0.0734. The molecule has 50 heavy (non-hydrogen) atoms. The van der Waals surface area contributed by atoms with Crippen molar-refractivity contribution in [1.82, 2.24) is 4.98 Å². The van der Waals surface area contributed by atoms with Crippen LogP contribution in [-0.4, -0.2) is 11.2 Å². The number of hydrogen-bond acceptors (Lipinski definition) is 7. The first-order valence-electron chi connectivity index (χ1n) is 15.9. The number of nitriles is 2. The molecule has 0 aliphatic heterocycles. The van der Waals surface area contributed by atoms with Gasteiger partial charge in [-0.25, -0.2) is 4.98 Å². The van der Waals surface area contributed by atoms with Crippen LogP contribution in [0.3, 0.4) is 0 Å². The van der Waals surface area contributed by atoms with Crippen LogP contribution in [0, 0.1) is 28.1 Å². The van der Waals surface area contributed by atoms with Gasteiger partial charge in [-0.1, -0.05) is 73.9 Å². The molecule has 0 saturated heterocycles. The second kappa shape index (κ2) is 15.3. The molecule has 7 nitrogen and oxygen atoms in total. The lowest BCUT2D eigenvalue weighted by Gasteiger charge is -2.12. The zero-order valence-corrected chi connectivity index (χ0v) is 28.0. The van der Waals surface area contributed by atoms with Crippen LogP contribution in [0.2, 0.25) is 0 Å². The van der Waals surface area contributed by atoms with Crippen molar-refractivity contribution in [2.24, 2.45) is 11.5 Å². The normalized spacial score (nSPS) is 13.0. The summed E-state index contributed by atoms with van der Waals surface area (Å²) in [5.74, 6) is 0. The van der Waals surface area contributed by atoms with Crippen LogP contribution in [0.15, 0.2) is 137 Å². The van der Waals surface area contributed by atoms with E-state index in [1.807, 2.05) is 74.6 Å². The van der Waals surface area contributed by atoms with Crippen molar-refractivity contribution < 1.29 is 4.42 Å². The lowest BCUT2D eigenvalue weighted by atomic mass is 9.91. The molecule has 5 aromatic rings. The lowest BCUT2D eigenvalue weighted by molar-refractivity contribution is 0.668. The first-order chi connectivity index (χ1) is 24.3. The SMILES string of the molecule is C=Cc1c(/C=C\C)c(C/C=C\C=C(/N)C(=C)/C=C(/C#N)C=N)cc2oc3cc(-c4cccc(/C(C)=C/C(C#N)=C\N)n4)c4ccccc4c3c12. The molecule has 5 N–H and O–H groups in total. The molecular weight excluding hydrogens is 617 g/mol. The molecule has 7 heteroatoms. The molecule has 0 spiro atoms. The van der Waals surface area contributed by atoms with E-state index in [2.05, 4.69) is 49.6 Å². The zero-order chi connectivity index (χ0) is 35.8. The van der Waals surface area contributed by atoms with Gasteiger partial charge in [0.1, 0.15) is 23.3 Å². The minimum atomic E-state index is 0.172. The Labute approximate surface area is 291 Å². The summed E-state index contributed by atoms with van der Waals surface area (Å²) in [6, 6.07) is 22.3. The monoisotopic (exact) mass is 652 g/mol. The Morgan fingerprint density at radius 2 is 1.72 bits per heavy atom. The van der Waals surface area contributed by atoms with Gasteiger partial charge in [-0.3, -0.25) is 0 Å². The molecule has 0 aliphatic carbocycles. The minimum absolute atomic E-state index is 0.172. The highest BCUT2D eigenvalue weighted by Gasteiger charge is 2.20. The molecule has 0 fully saturated rings. The number of furan rings is 1. The highest BCUT2D eigenvalue weighted by Crippen LogP contribution is 2.43. The fourth-order valence-corrected chi connectivity index (χ4v) is 5.93. The van der Waals surface area contributed by atoms with Crippen LogP contribution in [0.4, 0.5) is 0 Å². The lowest BCUT2D eigenvalue weighted by Crippen LogP contribution is -1.98. The smallest absolute Gasteiger partial charge is 0.136 e. The third kappa shape index (κ3) is 6.85. The summed E-state index contributed by atoms with van der Waals surface area (Å²) in [6.45, 7) is 12.0. The molecule has 0 radical (unpaired) electrons. The molecule has 0 unspecified atom stereocenters. The Hall–Kier alpha value is -6.96. The van der Waals surface area contributed by atoms with E-state index in [9.17, 15) is 5.26 Å². The summed E-state index contributed by atoms with van der Waals surface area (Å²) < 4.78 is 6.65. The maximum Gasteiger partial charge on any atom is 0.136 e. The maximum atomic E-state index is 9.35. The third-order valence-corrected chi connectivity index (χ3v) is 8.32. The molecule has 244 valence electrons. The van der Waals surface area contributed by atoms with Gasteiger partial charge in [0.2, 0.25) is 0 Å². The molecule has 0 aliphatic rings. The maximum absolute atomic E-state index is 9.35. The Kier molecular flexibility index (Phi) is 10.5. The molecule has 5 rings (SSSR count). The van der Waals surface area contributed by atoms with E-state index in [-0.39, 0.29) is 5.57 Å². The number of fused-ring (bicyclic) bond motifs is 5. The second-order valence-electron chi connectivity index (χ2n) is 11.5. The van der Waals surface area contributed by atoms with E-state index in [1.54, 1.807) is 12.2 Å². The van der Waals surface area contributed by atoms with Crippen molar-refractivity contribution >= 4 is 56.7 Å². The van der Waals surface area contributed by atoms with Crippen LogP contribution < -0.4 is 11.5 Å². The molecule has 2 aromatic heterocycles. The number of rotatable bonds is 11. The van der Waals surface area contributed by atoms with E-state index in [0.717, 1.165) is 78.1 Å². The number of nitrogens with zero attached hydrogens (tertiary/aromatic N) is 3. The fraction of sp³-hybridized carbons (Fsp3) is 0.0698. The number of nitrogens with two attached hydrogens (primary N) is 2. The Bertz CT molecular complexity index is 2470. The molecule has 0 amide bonds. The predicted molar refractivity (Wildman–Crippen MR) is 208 cm³/mol. The first-order valence-corrected chi connectivity index (χ1v) is 15.9. The molecule has 0 bridgehead atoms. The van der Waals surface area contributed by atoms with Gasteiger partial charge in [-0.05, 0) is 101 Å². The van der Waals surface area contributed by atoms with Gasteiger partial charge < -0.3 is 21.3 Å². The molecule has 3 aromatic carbocycles. The van der Waals surface area contributed by atoms with Crippen molar-refractivity contribution in [3.05, 3.63) is 155 Å². The van der Waals surface area contributed by atoms with Crippen LogP contribution in [-0.2, 0) is 6.42 Å². The minimum Gasteiger partial charge on any atom is -0.456 e. The third-order valence-electron chi connectivity index (χ3n) is 8.32. The van der Waals surface area contributed by atoms with Gasteiger partial charge >= 0.3 is 0 Å². The fourth-order valence-electron chi connectivity index (χ4n) is 5.93. The van der Waals surface area contributed by atoms with E-state index in [0.29, 0.717) is 23.3 Å². The van der Waals surface area contributed by atoms with E-state index >= 15 is 0 Å². The van der Waals surface area contributed by atoms with Crippen molar-refractivity contribution in [1.29, 1.82) is 15.9 Å². The van der Waals surface area contributed by atoms with E-state index < -0.39 is 0 Å². The van der Waals surface area contributed by atoms with Gasteiger partial charge in [0.05, 0.1) is 22.5 Å². The average Bonchev–Trinajstić information content (AvgIpc) is 3.52. The van der Waals surface area contributed by atoms with Crippen molar-refractivity contribution in [3.63, 3.8) is 0 Å². The van der Waals surface area contributed by atoms with Crippen molar-refractivity contribution in [2.45, 2.75) is 20.3 Å². The van der Waals surface area contributed by atoms with Gasteiger partial charge in [-0.2, -0.15) is 10.5 Å². The van der Waals surface area contributed by atoms with Crippen LogP contribution in [0.5, 0.6) is 0 Å². The summed E-state index contributed by atoms with van der Waals surface area (Å²) in [5, 5.41) is 29.8.